The van der Waals surface area contributed by atoms with Gasteiger partial charge in [-0.1, -0.05) is 0 Å². The number of nitrogens with zero attached hydrogens (tertiary/aromatic N) is 4. The van der Waals surface area contributed by atoms with Gasteiger partial charge in [0.1, 0.15) is 5.82 Å². The average Bonchev–Trinajstić information content (AvgIpc) is 3.13. The second-order valence-electron chi connectivity index (χ2n) is 5.82. The lowest BCUT2D eigenvalue weighted by molar-refractivity contribution is -0.118. The molecule has 1 amide bonds. The van der Waals surface area contributed by atoms with Crippen molar-refractivity contribution >= 4 is 33.5 Å². The number of hydrogen-bond donors (Lipinski definition) is 1. The molecule has 0 spiro atoms. The van der Waals surface area contributed by atoms with Gasteiger partial charge in [-0.2, -0.15) is 0 Å². The predicted molar refractivity (Wildman–Crippen MR) is 89.6 cm³/mol. The Morgan fingerprint density at radius 3 is 3.00 bits per heavy atom. The SMILES string of the molecule is Cc1csc(N(C(=O)CCc2nc3ncccc3[nH]2)C2CC2)n1. The van der Waals surface area contributed by atoms with Crippen LogP contribution in [0.3, 0.4) is 0 Å². The van der Waals surface area contributed by atoms with Crippen molar-refractivity contribution in [1.29, 1.82) is 0 Å². The van der Waals surface area contributed by atoms with Crippen molar-refractivity contribution in [2.75, 3.05) is 4.90 Å². The number of imidazole rings is 1. The number of thiazole rings is 1. The summed E-state index contributed by atoms with van der Waals surface area (Å²) < 4.78 is 0. The van der Waals surface area contributed by atoms with Gasteiger partial charge in [0.2, 0.25) is 5.91 Å². The fraction of sp³-hybridized carbons (Fsp3) is 0.375. The van der Waals surface area contributed by atoms with E-state index < -0.39 is 0 Å². The first-order valence-electron chi connectivity index (χ1n) is 7.74. The molecule has 0 bridgehead atoms. The van der Waals surface area contributed by atoms with Crippen molar-refractivity contribution in [3.05, 3.63) is 35.2 Å². The third kappa shape index (κ3) is 2.96. The van der Waals surface area contributed by atoms with Crippen LogP contribution in [0.5, 0.6) is 0 Å². The molecule has 6 nitrogen and oxygen atoms in total. The van der Waals surface area contributed by atoms with Gasteiger partial charge in [-0.05, 0) is 31.9 Å². The van der Waals surface area contributed by atoms with Gasteiger partial charge in [-0.3, -0.25) is 9.69 Å². The van der Waals surface area contributed by atoms with E-state index in [0.717, 1.165) is 35.0 Å². The zero-order valence-corrected chi connectivity index (χ0v) is 13.6. The second kappa shape index (κ2) is 5.73. The minimum Gasteiger partial charge on any atom is -0.341 e. The first-order valence-corrected chi connectivity index (χ1v) is 8.62. The van der Waals surface area contributed by atoms with E-state index in [0.29, 0.717) is 24.5 Å². The van der Waals surface area contributed by atoms with Crippen LogP contribution in [-0.4, -0.2) is 31.9 Å². The largest absolute Gasteiger partial charge is 0.341 e. The highest BCUT2D eigenvalue weighted by molar-refractivity contribution is 7.14. The van der Waals surface area contributed by atoms with Crippen LogP contribution in [-0.2, 0) is 11.2 Å². The minimum atomic E-state index is 0.121. The van der Waals surface area contributed by atoms with Crippen molar-refractivity contribution in [1.82, 2.24) is 19.9 Å². The van der Waals surface area contributed by atoms with Gasteiger partial charge in [0.15, 0.2) is 10.8 Å². The highest BCUT2D eigenvalue weighted by Gasteiger charge is 2.35. The van der Waals surface area contributed by atoms with Gasteiger partial charge in [-0.25, -0.2) is 15.0 Å². The molecule has 1 fully saturated rings. The quantitative estimate of drug-likeness (QED) is 0.782. The Kier molecular flexibility index (Phi) is 3.57. The van der Waals surface area contributed by atoms with Crippen molar-refractivity contribution in [3.8, 4) is 0 Å². The smallest absolute Gasteiger partial charge is 0.229 e. The molecule has 3 heterocycles. The van der Waals surface area contributed by atoms with Crippen LogP contribution < -0.4 is 4.90 Å². The molecule has 3 aromatic heterocycles. The Morgan fingerprint density at radius 2 is 2.30 bits per heavy atom. The molecule has 1 N–H and O–H groups in total. The van der Waals surface area contributed by atoms with Crippen LogP contribution in [0, 0.1) is 6.92 Å². The van der Waals surface area contributed by atoms with E-state index >= 15 is 0 Å². The van der Waals surface area contributed by atoms with Crippen LogP contribution >= 0.6 is 11.3 Å². The second-order valence-corrected chi connectivity index (χ2v) is 6.66. The summed E-state index contributed by atoms with van der Waals surface area (Å²) >= 11 is 1.54. The van der Waals surface area contributed by atoms with E-state index in [9.17, 15) is 4.79 Å². The standard InChI is InChI=1S/C16H17N5OS/c1-10-9-23-16(18-10)21(11-4-5-11)14(22)7-6-13-19-12-3-2-8-17-15(12)20-13/h2-3,8-9,11H,4-7H2,1H3,(H,17,19,20). The number of pyridine rings is 1. The fourth-order valence-corrected chi connectivity index (χ4v) is 3.50. The molecule has 0 radical (unpaired) electrons. The van der Waals surface area contributed by atoms with Gasteiger partial charge >= 0.3 is 0 Å². The summed E-state index contributed by atoms with van der Waals surface area (Å²) in [6.45, 7) is 1.96. The lowest BCUT2D eigenvalue weighted by Crippen LogP contribution is -2.33. The van der Waals surface area contributed by atoms with Crippen LogP contribution in [0.25, 0.3) is 11.2 Å². The van der Waals surface area contributed by atoms with Gasteiger partial charge < -0.3 is 4.98 Å². The van der Waals surface area contributed by atoms with E-state index in [4.69, 9.17) is 0 Å². The Balaban J connectivity index is 1.47. The van der Waals surface area contributed by atoms with Crippen molar-refractivity contribution in [3.63, 3.8) is 0 Å². The minimum absolute atomic E-state index is 0.121. The molecule has 118 valence electrons. The van der Waals surface area contributed by atoms with E-state index in [1.54, 1.807) is 17.5 Å². The highest BCUT2D eigenvalue weighted by Crippen LogP contribution is 2.34. The van der Waals surface area contributed by atoms with E-state index in [-0.39, 0.29) is 5.91 Å². The zero-order chi connectivity index (χ0) is 15.8. The molecule has 23 heavy (non-hydrogen) atoms. The molecule has 0 saturated heterocycles. The average molecular weight is 327 g/mol. The number of hydrogen-bond acceptors (Lipinski definition) is 5. The summed E-state index contributed by atoms with van der Waals surface area (Å²) in [5, 5.41) is 2.81. The monoisotopic (exact) mass is 327 g/mol. The molecule has 0 aromatic carbocycles. The number of fused-ring (bicyclic) bond motifs is 1. The van der Waals surface area contributed by atoms with Crippen molar-refractivity contribution < 1.29 is 4.79 Å². The van der Waals surface area contributed by atoms with Crippen LogP contribution in [0.2, 0.25) is 0 Å². The fourth-order valence-electron chi connectivity index (χ4n) is 2.61. The van der Waals surface area contributed by atoms with E-state index in [1.807, 2.05) is 29.3 Å². The summed E-state index contributed by atoms with van der Waals surface area (Å²) in [7, 11) is 0. The van der Waals surface area contributed by atoms with E-state index in [1.165, 1.54) is 0 Å². The maximum absolute atomic E-state index is 12.7. The maximum atomic E-state index is 12.7. The van der Waals surface area contributed by atoms with Gasteiger partial charge in [-0.15, -0.1) is 11.3 Å². The number of H-pyrrole nitrogens is 1. The van der Waals surface area contributed by atoms with Gasteiger partial charge in [0.05, 0.1) is 11.2 Å². The molecule has 3 aromatic rings. The molecule has 1 saturated carbocycles. The van der Waals surface area contributed by atoms with Gasteiger partial charge in [0.25, 0.3) is 0 Å². The molecule has 7 heteroatoms. The van der Waals surface area contributed by atoms with Crippen molar-refractivity contribution in [2.45, 2.75) is 38.6 Å². The molecule has 1 aliphatic carbocycles. The number of aromatic nitrogens is 4. The number of aryl methyl sites for hydroxylation is 2. The summed E-state index contributed by atoms with van der Waals surface area (Å²) in [5.41, 5.74) is 2.57. The molecule has 0 atom stereocenters. The van der Waals surface area contributed by atoms with Crippen LogP contribution in [0.4, 0.5) is 5.13 Å². The normalized spacial score (nSPS) is 14.3. The first-order chi connectivity index (χ1) is 11.2. The topological polar surface area (TPSA) is 74.8 Å². The molecule has 4 rings (SSSR count). The van der Waals surface area contributed by atoms with E-state index in [2.05, 4.69) is 19.9 Å². The summed E-state index contributed by atoms with van der Waals surface area (Å²) in [5.74, 6) is 0.924. The Bertz CT molecular complexity index is 818. The molecular weight excluding hydrogens is 310 g/mol. The maximum Gasteiger partial charge on any atom is 0.229 e. The molecule has 1 aliphatic rings. The number of anilines is 1. The third-order valence-electron chi connectivity index (χ3n) is 3.88. The van der Waals surface area contributed by atoms with Crippen LogP contribution in [0.1, 0.15) is 30.8 Å². The Morgan fingerprint density at radius 1 is 1.43 bits per heavy atom. The molecular formula is C16H17N5OS. The number of carbonyl (C=O) groups is 1. The summed E-state index contributed by atoms with van der Waals surface area (Å²) in [4.78, 5) is 30.9. The highest BCUT2D eigenvalue weighted by atomic mass is 32.1. The Hall–Kier alpha value is -2.28. The lowest BCUT2D eigenvalue weighted by atomic mass is 10.2. The number of aromatic amines is 1. The predicted octanol–water partition coefficient (Wildman–Crippen LogP) is 2.85. The summed E-state index contributed by atoms with van der Waals surface area (Å²) in [6, 6.07) is 4.13. The summed E-state index contributed by atoms with van der Waals surface area (Å²) in [6.07, 6.45) is 4.87. The third-order valence-corrected chi connectivity index (χ3v) is 4.83. The van der Waals surface area contributed by atoms with Gasteiger partial charge in [0, 0.05) is 30.5 Å². The Labute approximate surface area is 137 Å². The molecule has 0 unspecified atom stereocenters. The number of carbonyl (C=O) groups excluding carboxylic acids is 1. The number of amides is 1. The lowest BCUT2D eigenvalue weighted by Gasteiger charge is -2.19. The number of nitrogens with one attached hydrogen (secondary N) is 1. The molecule has 0 aliphatic heterocycles. The van der Waals surface area contributed by atoms with Crippen molar-refractivity contribution in [2.24, 2.45) is 0 Å². The first kappa shape index (κ1) is 14.3. The zero-order valence-electron chi connectivity index (χ0n) is 12.8. The number of rotatable bonds is 5. The van der Waals surface area contributed by atoms with Crippen LogP contribution in [0.15, 0.2) is 23.7 Å².